The van der Waals surface area contributed by atoms with Crippen molar-refractivity contribution in [1.82, 2.24) is 4.57 Å². The quantitative estimate of drug-likeness (QED) is 0.414. The van der Waals surface area contributed by atoms with Gasteiger partial charge >= 0.3 is 0 Å². The van der Waals surface area contributed by atoms with Gasteiger partial charge < -0.3 is 24.5 Å². The van der Waals surface area contributed by atoms with Gasteiger partial charge in [-0.05, 0) is 30.3 Å². The van der Waals surface area contributed by atoms with Crippen molar-refractivity contribution in [3.8, 4) is 23.5 Å². The number of aliphatic hydroxyl groups is 1. The van der Waals surface area contributed by atoms with Gasteiger partial charge in [-0.1, -0.05) is 45.0 Å². The first-order chi connectivity index (χ1) is 16.4. The number of hydrogen-bond acceptors (Lipinski definition) is 6. The van der Waals surface area contributed by atoms with Crippen LogP contribution in [0.15, 0.2) is 36.4 Å². The van der Waals surface area contributed by atoms with Gasteiger partial charge in [-0.2, -0.15) is 5.26 Å². The second-order valence-corrected chi connectivity index (χ2v) is 16.0. The summed E-state index contributed by atoms with van der Waals surface area (Å²) in [6, 6.07) is 13.0. The minimum absolute atomic E-state index is 0.0600. The Morgan fingerprint density at radius 3 is 2.49 bits per heavy atom. The Bertz CT molecular complexity index is 1370. The fraction of sp³-hybridized carbons (Fsp3) is 0.444. The molecule has 184 valence electrons. The van der Waals surface area contributed by atoms with Crippen molar-refractivity contribution >= 4 is 19.1 Å². The SMILES string of the molecule is CC(C)(C)[Si](C)(C)OCCC12C[C@H](O)C(O1)c1c2c(O)n(-c2ccc(C#N)c3ccccc23)c1O. The van der Waals surface area contributed by atoms with Crippen LogP contribution in [0.5, 0.6) is 11.8 Å². The number of aromatic nitrogens is 1. The summed E-state index contributed by atoms with van der Waals surface area (Å²) in [7, 11) is -1.99. The maximum absolute atomic E-state index is 11.5. The van der Waals surface area contributed by atoms with Crippen molar-refractivity contribution in [2.45, 2.75) is 69.6 Å². The third kappa shape index (κ3) is 3.41. The molecule has 35 heavy (non-hydrogen) atoms. The summed E-state index contributed by atoms with van der Waals surface area (Å²) < 4.78 is 14.1. The van der Waals surface area contributed by atoms with E-state index in [1.807, 2.05) is 24.3 Å². The van der Waals surface area contributed by atoms with Crippen LogP contribution in [0.4, 0.5) is 0 Å². The maximum Gasteiger partial charge on any atom is 0.205 e. The van der Waals surface area contributed by atoms with Crippen LogP contribution in [0.3, 0.4) is 0 Å². The minimum Gasteiger partial charge on any atom is -0.494 e. The highest BCUT2D eigenvalue weighted by Gasteiger charge is 2.60. The second-order valence-electron chi connectivity index (χ2n) is 11.2. The van der Waals surface area contributed by atoms with Crippen molar-refractivity contribution in [1.29, 1.82) is 5.26 Å². The summed E-state index contributed by atoms with van der Waals surface area (Å²) in [6.07, 6.45) is -0.703. The smallest absolute Gasteiger partial charge is 0.205 e. The van der Waals surface area contributed by atoms with Crippen molar-refractivity contribution in [3.05, 3.63) is 53.1 Å². The van der Waals surface area contributed by atoms with Crippen molar-refractivity contribution < 1.29 is 24.5 Å². The van der Waals surface area contributed by atoms with Crippen molar-refractivity contribution in [2.75, 3.05) is 6.61 Å². The lowest BCUT2D eigenvalue weighted by Crippen LogP contribution is -2.42. The second kappa shape index (κ2) is 7.84. The molecule has 7 nitrogen and oxygen atoms in total. The number of aromatic hydroxyl groups is 2. The lowest BCUT2D eigenvalue weighted by atomic mass is 9.81. The Labute approximate surface area is 206 Å². The van der Waals surface area contributed by atoms with E-state index in [2.05, 4.69) is 39.9 Å². The Morgan fingerprint density at radius 2 is 1.83 bits per heavy atom. The van der Waals surface area contributed by atoms with E-state index in [0.29, 0.717) is 41.8 Å². The number of ether oxygens (including phenoxy) is 1. The Hall–Kier alpha value is -2.83. The molecular weight excluding hydrogens is 460 g/mol. The van der Waals surface area contributed by atoms with Gasteiger partial charge in [0.05, 0.1) is 34.6 Å². The number of aliphatic hydroxyl groups excluding tert-OH is 1. The molecule has 0 radical (unpaired) electrons. The van der Waals surface area contributed by atoms with Gasteiger partial charge in [0.2, 0.25) is 11.8 Å². The van der Waals surface area contributed by atoms with Crippen LogP contribution < -0.4 is 0 Å². The summed E-state index contributed by atoms with van der Waals surface area (Å²) in [4.78, 5) is 0. The van der Waals surface area contributed by atoms with Crippen LogP contribution >= 0.6 is 0 Å². The van der Waals surface area contributed by atoms with Crippen LogP contribution in [-0.4, -0.2) is 40.9 Å². The molecule has 1 aromatic heterocycles. The largest absolute Gasteiger partial charge is 0.494 e. The zero-order valence-corrected chi connectivity index (χ0v) is 21.8. The zero-order chi connectivity index (χ0) is 25.3. The molecule has 2 aliphatic heterocycles. The summed E-state index contributed by atoms with van der Waals surface area (Å²) in [5, 5.41) is 44.6. The Morgan fingerprint density at radius 1 is 1.14 bits per heavy atom. The van der Waals surface area contributed by atoms with E-state index in [1.165, 1.54) is 4.57 Å². The van der Waals surface area contributed by atoms with E-state index in [0.717, 1.165) is 10.8 Å². The van der Waals surface area contributed by atoms with Crippen molar-refractivity contribution in [2.24, 2.45) is 0 Å². The summed E-state index contributed by atoms with van der Waals surface area (Å²) in [5.41, 5.74) is 1.10. The van der Waals surface area contributed by atoms with Gasteiger partial charge in [0.15, 0.2) is 8.32 Å². The predicted octanol–water partition coefficient (Wildman–Crippen LogP) is 5.36. The van der Waals surface area contributed by atoms with Gasteiger partial charge in [-0.3, -0.25) is 4.57 Å². The van der Waals surface area contributed by atoms with Gasteiger partial charge in [0, 0.05) is 30.2 Å². The fourth-order valence-electron chi connectivity index (χ4n) is 5.29. The normalized spacial score (nSPS) is 23.6. The van der Waals surface area contributed by atoms with Crippen LogP contribution in [0.2, 0.25) is 18.1 Å². The standard InChI is InChI=1S/C27H32N2O5Si/c1-26(2,3)35(4,5)33-13-12-27-14-20(30)23(34-27)21-22(27)25(32)29(24(21)31)19-11-10-16(15-28)17-8-6-7-9-18(17)19/h6-11,20,23,30-32H,12-14H2,1-5H3/t20-,23?,27?/m0/s1. The first-order valence-corrected chi connectivity index (χ1v) is 14.9. The molecule has 0 saturated carbocycles. The highest BCUT2D eigenvalue weighted by Crippen LogP contribution is 2.63. The number of fused-ring (bicyclic) bond motifs is 6. The molecule has 1 saturated heterocycles. The highest BCUT2D eigenvalue weighted by molar-refractivity contribution is 6.74. The molecule has 2 aliphatic rings. The molecule has 0 aliphatic carbocycles. The van der Waals surface area contributed by atoms with Gasteiger partial charge in [-0.15, -0.1) is 0 Å². The lowest BCUT2D eigenvalue weighted by molar-refractivity contribution is -0.0462. The summed E-state index contributed by atoms with van der Waals surface area (Å²) in [5.74, 6) is -0.252. The van der Waals surface area contributed by atoms with Gasteiger partial charge in [0.25, 0.3) is 0 Å². The molecule has 5 rings (SSSR count). The van der Waals surface area contributed by atoms with E-state index >= 15 is 0 Å². The molecule has 2 bridgehead atoms. The van der Waals surface area contributed by atoms with E-state index in [-0.39, 0.29) is 16.8 Å². The van der Waals surface area contributed by atoms with E-state index < -0.39 is 26.1 Å². The first-order valence-electron chi connectivity index (χ1n) is 12.0. The van der Waals surface area contributed by atoms with Crippen LogP contribution in [-0.2, 0) is 14.8 Å². The van der Waals surface area contributed by atoms with E-state index in [1.54, 1.807) is 12.1 Å². The summed E-state index contributed by atoms with van der Waals surface area (Å²) >= 11 is 0. The number of benzene rings is 2. The monoisotopic (exact) mass is 492 g/mol. The molecule has 2 aromatic carbocycles. The average molecular weight is 493 g/mol. The third-order valence-corrected chi connectivity index (χ3v) is 12.7. The van der Waals surface area contributed by atoms with Gasteiger partial charge in [0.1, 0.15) is 11.7 Å². The average Bonchev–Trinajstić information content (AvgIpc) is 3.39. The Balaban J connectivity index is 1.59. The van der Waals surface area contributed by atoms with Crippen LogP contribution in [0.1, 0.15) is 56.4 Å². The fourth-order valence-corrected chi connectivity index (χ4v) is 6.33. The maximum atomic E-state index is 11.5. The lowest BCUT2D eigenvalue weighted by Gasteiger charge is -2.37. The highest BCUT2D eigenvalue weighted by atomic mass is 28.4. The number of nitriles is 1. The minimum atomic E-state index is -1.99. The van der Waals surface area contributed by atoms with E-state index in [4.69, 9.17) is 9.16 Å². The first kappa shape index (κ1) is 23.9. The summed E-state index contributed by atoms with van der Waals surface area (Å²) in [6.45, 7) is 11.4. The number of nitrogens with zero attached hydrogens (tertiary/aromatic N) is 2. The van der Waals surface area contributed by atoms with E-state index in [9.17, 15) is 20.6 Å². The molecular formula is C27H32N2O5Si. The molecule has 2 unspecified atom stereocenters. The molecule has 1 fully saturated rings. The number of hydrogen-bond donors (Lipinski definition) is 3. The molecule has 8 heteroatoms. The van der Waals surface area contributed by atoms with Gasteiger partial charge in [-0.25, -0.2) is 0 Å². The molecule has 0 amide bonds. The Kier molecular flexibility index (Phi) is 5.35. The molecule has 3 aromatic rings. The van der Waals surface area contributed by atoms with Crippen LogP contribution in [0.25, 0.3) is 16.5 Å². The zero-order valence-electron chi connectivity index (χ0n) is 20.8. The van der Waals surface area contributed by atoms with Crippen LogP contribution in [0, 0.1) is 11.3 Å². The predicted molar refractivity (Wildman–Crippen MR) is 135 cm³/mol. The molecule has 3 heterocycles. The van der Waals surface area contributed by atoms with Crippen molar-refractivity contribution in [3.63, 3.8) is 0 Å². The third-order valence-electron chi connectivity index (χ3n) is 8.18. The molecule has 3 atom stereocenters. The molecule has 0 spiro atoms. The molecule has 3 N–H and O–H groups in total. The topological polar surface area (TPSA) is 108 Å². The number of rotatable bonds is 5.